The maximum absolute atomic E-state index is 13.2. The molecule has 1 aliphatic heterocycles. The predicted octanol–water partition coefficient (Wildman–Crippen LogP) is 1.89. The largest absolute Gasteiger partial charge is 0.339 e. The van der Waals surface area contributed by atoms with Gasteiger partial charge in [0.25, 0.3) is 0 Å². The number of amides is 1. The molecule has 1 amide bonds. The first-order valence-electron chi connectivity index (χ1n) is 7.39. The minimum absolute atomic E-state index is 0.113. The molecular formula is C15H21FN2O3S. The molecule has 22 heavy (non-hydrogen) atoms. The smallest absolute Gasteiger partial charge is 0.241 e. The summed E-state index contributed by atoms with van der Waals surface area (Å²) < 4.78 is 39.9. The van der Waals surface area contributed by atoms with Crippen molar-refractivity contribution in [2.75, 3.05) is 6.54 Å². The van der Waals surface area contributed by atoms with Gasteiger partial charge in [-0.05, 0) is 51.3 Å². The Balaban J connectivity index is 2.10. The molecule has 2 atom stereocenters. The molecule has 1 aromatic rings. The zero-order valence-electron chi connectivity index (χ0n) is 12.8. The van der Waals surface area contributed by atoms with Gasteiger partial charge >= 0.3 is 0 Å². The van der Waals surface area contributed by atoms with Crippen molar-refractivity contribution in [1.29, 1.82) is 0 Å². The van der Waals surface area contributed by atoms with Crippen molar-refractivity contribution in [3.63, 3.8) is 0 Å². The Hall–Kier alpha value is -1.47. The lowest BCUT2D eigenvalue weighted by Crippen LogP contribution is -2.51. The summed E-state index contributed by atoms with van der Waals surface area (Å²) in [5, 5.41) is 0. The Morgan fingerprint density at radius 3 is 2.77 bits per heavy atom. The summed E-state index contributed by atoms with van der Waals surface area (Å²) in [5.41, 5.74) is 0. The van der Waals surface area contributed by atoms with Crippen LogP contribution in [0.1, 0.15) is 33.1 Å². The Morgan fingerprint density at radius 2 is 2.14 bits per heavy atom. The summed E-state index contributed by atoms with van der Waals surface area (Å²) in [6.45, 7) is 4.12. The summed E-state index contributed by atoms with van der Waals surface area (Å²) in [5.74, 6) is -0.876. The maximum Gasteiger partial charge on any atom is 0.241 e. The summed E-state index contributed by atoms with van der Waals surface area (Å²) in [7, 11) is -3.92. The van der Waals surface area contributed by atoms with Gasteiger partial charge in [-0.2, -0.15) is 4.72 Å². The number of halogens is 1. The molecule has 1 fully saturated rings. The number of nitrogens with one attached hydrogen (secondary N) is 1. The highest BCUT2D eigenvalue weighted by molar-refractivity contribution is 7.89. The van der Waals surface area contributed by atoms with Crippen LogP contribution in [-0.2, 0) is 14.8 Å². The van der Waals surface area contributed by atoms with Crippen LogP contribution in [0.4, 0.5) is 4.39 Å². The predicted molar refractivity (Wildman–Crippen MR) is 81.2 cm³/mol. The second-order valence-corrected chi connectivity index (χ2v) is 7.39. The van der Waals surface area contributed by atoms with Gasteiger partial charge in [-0.3, -0.25) is 4.79 Å². The lowest BCUT2D eigenvalue weighted by Gasteiger charge is -2.35. The number of rotatable bonds is 4. The zero-order valence-corrected chi connectivity index (χ0v) is 13.6. The number of carbonyl (C=O) groups is 1. The molecule has 1 aliphatic rings. The third-order valence-electron chi connectivity index (χ3n) is 3.89. The van der Waals surface area contributed by atoms with Crippen molar-refractivity contribution in [3.8, 4) is 0 Å². The van der Waals surface area contributed by atoms with E-state index in [2.05, 4.69) is 4.72 Å². The third-order valence-corrected chi connectivity index (χ3v) is 5.43. The molecule has 0 bridgehead atoms. The molecule has 0 spiro atoms. The van der Waals surface area contributed by atoms with Gasteiger partial charge in [0.15, 0.2) is 0 Å². The number of benzene rings is 1. The van der Waals surface area contributed by atoms with Crippen LogP contribution in [0, 0.1) is 5.82 Å². The van der Waals surface area contributed by atoms with E-state index < -0.39 is 21.9 Å². The summed E-state index contributed by atoms with van der Waals surface area (Å²) in [6, 6.07) is 3.96. The fourth-order valence-corrected chi connectivity index (χ4v) is 3.89. The third kappa shape index (κ3) is 3.84. The van der Waals surface area contributed by atoms with Crippen molar-refractivity contribution < 1.29 is 17.6 Å². The molecule has 1 N–H and O–H groups in total. The minimum atomic E-state index is -3.92. The molecular weight excluding hydrogens is 307 g/mol. The molecule has 1 heterocycles. The zero-order chi connectivity index (χ0) is 16.3. The first-order valence-corrected chi connectivity index (χ1v) is 8.88. The summed E-state index contributed by atoms with van der Waals surface area (Å²) in [4.78, 5) is 13.9. The molecule has 2 unspecified atom stereocenters. The van der Waals surface area contributed by atoms with E-state index in [0.717, 1.165) is 25.3 Å². The van der Waals surface area contributed by atoms with Gasteiger partial charge in [0, 0.05) is 12.6 Å². The lowest BCUT2D eigenvalue weighted by molar-refractivity contribution is -0.135. The van der Waals surface area contributed by atoms with Crippen LogP contribution in [-0.4, -0.2) is 37.9 Å². The molecule has 0 saturated carbocycles. The Labute approximate surface area is 130 Å². The van der Waals surface area contributed by atoms with E-state index in [-0.39, 0.29) is 16.8 Å². The molecule has 2 rings (SSSR count). The van der Waals surface area contributed by atoms with Crippen LogP contribution in [0.15, 0.2) is 29.2 Å². The first kappa shape index (κ1) is 16.9. The fraction of sp³-hybridized carbons (Fsp3) is 0.533. The van der Waals surface area contributed by atoms with Crippen LogP contribution in [0.25, 0.3) is 0 Å². The molecule has 0 aliphatic carbocycles. The lowest BCUT2D eigenvalue weighted by atomic mass is 10.0. The van der Waals surface area contributed by atoms with E-state index in [4.69, 9.17) is 0 Å². The Morgan fingerprint density at radius 1 is 1.41 bits per heavy atom. The van der Waals surface area contributed by atoms with Gasteiger partial charge in [0.1, 0.15) is 5.82 Å². The highest BCUT2D eigenvalue weighted by Gasteiger charge is 2.29. The van der Waals surface area contributed by atoms with Gasteiger partial charge in [0.2, 0.25) is 15.9 Å². The van der Waals surface area contributed by atoms with Crippen LogP contribution in [0.2, 0.25) is 0 Å². The van der Waals surface area contributed by atoms with Gasteiger partial charge in [-0.15, -0.1) is 0 Å². The van der Waals surface area contributed by atoms with Crippen LogP contribution < -0.4 is 4.72 Å². The molecule has 0 radical (unpaired) electrons. The number of likely N-dealkylation sites (tertiary alicyclic amines) is 1. The van der Waals surface area contributed by atoms with Crippen molar-refractivity contribution in [1.82, 2.24) is 9.62 Å². The van der Waals surface area contributed by atoms with Crippen LogP contribution in [0.5, 0.6) is 0 Å². The van der Waals surface area contributed by atoms with Crippen molar-refractivity contribution in [3.05, 3.63) is 30.1 Å². The molecule has 1 saturated heterocycles. The average Bonchev–Trinajstić information content (AvgIpc) is 2.46. The topological polar surface area (TPSA) is 66.5 Å². The summed E-state index contributed by atoms with van der Waals surface area (Å²) in [6.07, 6.45) is 2.93. The van der Waals surface area contributed by atoms with Crippen LogP contribution in [0.3, 0.4) is 0 Å². The molecule has 5 nitrogen and oxygen atoms in total. The van der Waals surface area contributed by atoms with E-state index in [9.17, 15) is 17.6 Å². The molecule has 0 aromatic heterocycles. The number of nitrogens with zero attached hydrogens (tertiary/aromatic N) is 1. The maximum atomic E-state index is 13.2. The fourth-order valence-electron chi connectivity index (χ4n) is 2.66. The van der Waals surface area contributed by atoms with Gasteiger partial charge in [-0.25, -0.2) is 12.8 Å². The van der Waals surface area contributed by atoms with E-state index >= 15 is 0 Å². The quantitative estimate of drug-likeness (QED) is 0.918. The second-order valence-electron chi connectivity index (χ2n) is 5.68. The number of hydrogen-bond acceptors (Lipinski definition) is 3. The standard InChI is InChI=1S/C15H21FN2O3S/c1-11-6-3-4-9-18(11)15(19)12(2)17-22(20,21)14-8-5-7-13(16)10-14/h5,7-8,10-12,17H,3-4,6,9H2,1-2H3. The van der Waals surface area contributed by atoms with E-state index in [0.29, 0.717) is 6.54 Å². The molecule has 1 aromatic carbocycles. The van der Waals surface area contributed by atoms with Gasteiger partial charge in [-0.1, -0.05) is 6.07 Å². The van der Waals surface area contributed by atoms with Crippen molar-refractivity contribution in [2.45, 2.75) is 50.1 Å². The Kier molecular flexibility index (Phi) is 5.18. The molecule has 7 heteroatoms. The Bertz CT molecular complexity index is 648. The van der Waals surface area contributed by atoms with Gasteiger partial charge < -0.3 is 4.90 Å². The highest BCUT2D eigenvalue weighted by Crippen LogP contribution is 2.18. The summed E-state index contributed by atoms with van der Waals surface area (Å²) >= 11 is 0. The second kappa shape index (κ2) is 6.75. The number of hydrogen-bond donors (Lipinski definition) is 1. The van der Waals surface area contributed by atoms with E-state index in [1.54, 1.807) is 4.90 Å². The minimum Gasteiger partial charge on any atom is -0.339 e. The van der Waals surface area contributed by atoms with E-state index in [1.807, 2.05) is 6.92 Å². The first-order chi connectivity index (χ1) is 10.3. The highest BCUT2D eigenvalue weighted by atomic mass is 32.2. The van der Waals surface area contributed by atoms with Crippen LogP contribution >= 0.6 is 0 Å². The molecule has 122 valence electrons. The van der Waals surface area contributed by atoms with Gasteiger partial charge in [0.05, 0.1) is 10.9 Å². The number of piperidine rings is 1. The normalized spacial score (nSPS) is 20.7. The van der Waals surface area contributed by atoms with E-state index in [1.165, 1.54) is 25.1 Å². The van der Waals surface area contributed by atoms with Crippen molar-refractivity contribution in [2.24, 2.45) is 0 Å². The monoisotopic (exact) mass is 328 g/mol. The average molecular weight is 328 g/mol. The number of sulfonamides is 1. The van der Waals surface area contributed by atoms with Crippen molar-refractivity contribution >= 4 is 15.9 Å². The SMILES string of the molecule is CC(NS(=O)(=O)c1cccc(F)c1)C(=O)N1CCCCC1C. The number of carbonyl (C=O) groups excluding carboxylic acids is 1.